The van der Waals surface area contributed by atoms with Crippen LogP contribution in [0.1, 0.15) is 43.4 Å². The molecule has 0 aliphatic rings. The molecule has 4 heteroatoms. The lowest BCUT2D eigenvalue weighted by Crippen LogP contribution is -2.31. The van der Waals surface area contributed by atoms with Gasteiger partial charge in [0.15, 0.2) is 12.1 Å². The monoisotopic (exact) mass is 235 g/mol. The summed E-state index contributed by atoms with van der Waals surface area (Å²) < 4.78 is 10.3. The van der Waals surface area contributed by atoms with E-state index in [4.69, 9.17) is 15.6 Å². The van der Waals surface area contributed by atoms with Crippen LogP contribution < -0.4 is 0 Å². The van der Waals surface area contributed by atoms with Crippen molar-refractivity contribution in [3.8, 4) is 12.3 Å². The summed E-state index contributed by atoms with van der Waals surface area (Å²) in [5.41, 5.74) is -0.00378. The van der Waals surface area contributed by atoms with E-state index in [1.807, 2.05) is 20.8 Å². The third-order valence-corrected chi connectivity index (χ3v) is 2.46. The summed E-state index contributed by atoms with van der Waals surface area (Å²) in [5, 5.41) is 0. The Balaban J connectivity index is 2.79. The van der Waals surface area contributed by atoms with Crippen molar-refractivity contribution >= 4 is 5.97 Å². The van der Waals surface area contributed by atoms with Gasteiger partial charge in [-0.15, -0.1) is 12.3 Å². The molecule has 1 heterocycles. The molecule has 0 fully saturated rings. The Morgan fingerprint density at radius 2 is 2.29 bits per heavy atom. The van der Waals surface area contributed by atoms with Crippen LogP contribution in [0.2, 0.25) is 0 Å². The normalized spacial score (nSPS) is 12.9. The van der Waals surface area contributed by atoms with Crippen LogP contribution in [0.25, 0.3) is 0 Å². The number of hydrogen-bond acceptors (Lipinski definition) is 4. The zero-order chi connectivity index (χ0) is 13.1. The summed E-state index contributed by atoms with van der Waals surface area (Å²) in [4.78, 5) is 15.7. The van der Waals surface area contributed by atoms with Gasteiger partial charge < -0.3 is 9.15 Å². The maximum atomic E-state index is 11.8. The van der Waals surface area contributed by atoms with Crippen LogP contribution in [0.15, 0.2) is 10.8 Å². The van der Waals surface area contributed by atoms with Gasteiger partial charge in [0.1, 0.15) is 11.9 Å². The van der Waals surface area contributed by atoms with Crippen LogP contribution in [0, 0.1) is 24.7 Å². The van der Waals surface area contributed by atoms with Crippen molar-refractivity contribution in [2.45, 2.75) is 40.2 Å². The molecular weight excluding hydrogens is 218 g/mol. The molecule has 0 aromatic carbocycles. The Kier molecular flexibility index (Phi) is 3.95. The Morgan fingerprint density at radius 3 is 2.71 bits per heavy atom. The van der Waals surface area contributed by atoms with E-state index in [1.54, 1.807) is 6.92 Å². The Morgan fingerprint density at radius 1 is 1.65 bits per heavy atom. The van der Waals surface area contributed by atoms with Gasteiger partial charge in [-0.05, 0) is 12.3 Å². The lowest BCUT2D eigenvalue weighted by atomic mass is 9.87. The van der Waals surface area contributed by atoms with Crippen molar-refractivity contribution in [2.75, 3.05) is 0 Å². The topological polar surface area (TPSA) is 52.3 Å². The molecule has 0 saturated heterocycles. The summed E-state index contributed by atoms with van der Waals surface area (Å²) in [7, 11) is 0. The highest BCUT2D eigenvalue weighted by molar-refractivity contribution is 5.88. The summed E-state index contributed by atoms with van der Waals surface area (Å²) >= 11 is 0. The van der Waals surface area contributed by atoms with E-state index < -0.39 is 5.97 Å². The molecule has 0 spiro atoms. The fourth-order valence-electron chi connectivity index (χ4n) is 1.32. The Labute approximate surface area is 101 Å². The molecule has 92 valence electrons. The number of nitrogens with zero attached hydrogens (tertiary/aromatic N) is 1. The van der Waals surface area contributed by atoms with Crippen molar-refractivity contribution < 1.29 is 13.9 Å². The minimum Gasteiger partial charge on any atom is -0.456 e. The molecule has 0 amide bonds. The average Bonchev–Trinajstić information content (AvgIpc) is 2.62. The molecule has 0 aliphatic carbocycles. The van der Waals surface area contributed by atoms with E-state index in [-0.39, 0.29) is 17.2 Å². The highest BCUT2D eigenvalue weighted by atomic mass is 16.5. The van der Waals surface area contributed by atoms with Gasteiger partial charge in [-0.3, -0.25) is 0 Å². The molecule has 4 nitrogen and oxygen atoms in total. The smallest absolute Gasteiger partial charge is 0.360 e. The number of terminal acetylenes is 1. The van der Waals surface area contributed by atoms with Crippen molar-refractivity contribution in [3.05, 3.63) is 17.8 Å². The predicted molar refractivity (Wildman–Crippen MR) is 63.3 cm³/mol. The highest BCUT2D eigenvalue weighted by Crippen LogP contribution is 2.25. The van der Waals surface area contributed by atoms with Crippen LogP contribution in [0.3, 0.4) is 0 Å². The lowest BCUT2D eigenvalue weighted by Gasteiger charge is -2.28. The van der Waals surface area contributed by atoms with Crippen molar-refractivity contribution in [3.63, 3.8) is 0 Å². The van der Waals surface area contributed by atoms with Crippen LogP contribution in [0.4, 0.5) is 0 Å². The van der Waals surface area contributed by atoms with Gasteiger partial charge in [-0.25, -0.2) is 9.78 Å². The molecule has 0 aliphatic heterocycles. The van der Waals surface area contributed by atoms with Gasteiger partial charge in [0, 0.05) is 6.42 Å². The van der Waals surface area contributed by atoms with E-state index >= 15 is 0 Å². The molecule has 1 aromatic rings. The van der Waals surface area contributed by atoms with Crippen LogP contribution in [-0.4, -0.2) is 17.1 Å². The Bertz CT molecular complexity index is 434. The minimum absolute atomic E-state index is 0.205. The van der Waals surface area contributed by atoms with Gasteiger partial charge in [-0.2, -0.15) is 0 Å². The summed E-state index contributed by atoms with van der Waals surface area (Å²) in [6.45, 7) is 7.57. The third-order valence-electron chi connectivity index (χ3n) is 2.46. The standard InChI is InChI=1S/C13H17NO3/c1-6-7-10(13(3,4)5)17-12(15)11-9(2)16-8-14-11/h1,8,10H,7H2,2-5H3/t10-/m0/s1. The van der Waals surface area contributed by atoms with Gasteiger partial charge >= 0.3 is 5.97 Å². The number of esters is 1. The maximum absolute atomic E-state index is 11.8. The number of carbonyl (C=O) groups excluding carboxylic acids is 1. The van der Waals surface area contributed by atoms with Crippen molar-refractivity contribution in [2.24, 2.45) is 5.41 Å². The number of carbonyl (C=O) groups is 1. The molecule has 0 unspecified atom stereocenters. The second kappa shape index (κ2) is 5.05. The molecule has 0 radical (unpaired) electrons. The first-order valence-corrected chi connectivity index (χ1v) is 5.40. The second-order valence-electron chi connectivity index (χ2n) is 4.93. The van der Waals surface area contributed by atoms with Crippen LogP contribution >= 0.6 is 0 Å². The fraction of sp³-hybridized carbons (Fsp3) is 0.538. The number of aryl methyl sites for hydroxylation is 1. The third kappa shape index (κ3) is 3.35. The number of aromatic nitrogens is 1. The van der Waals surface area contributed by atoms with Gasteiger partial charge in [0.2, 0.25) is 0 Å². The first-order valence-electron chi connectivity index (χ1n) is 5.40. The lowest BCUT2D eigenvalue weighted by molar-refractivity contribution is -0.00124. The Hall–Kier alpha value is -1.76. The summed E-state index contributed by atoms with van der Waals surface area (Å²) in [6.07, 6.45) is 6.54. The predicted octanol–water partition coefficient (Wildman–Crippen LogP) is 2.58. The van der Waals surface area contributed by atoms with Gasteiger partial charge in [0.25, 0.3) is 0 Å². The number of hydrogen-bond donors (Lipinski definition) is 0. The fourth-order valence-corrected chi connectivity index (χ4v) is 1.32. The molecule has 1 aromatic heterocycles. The van der Waals surface area contributed by atoms with E-state index in [1.165, 1.54) is 6.39 Å². The average molecular weight is 235 g/mol. The number of rotatable bonds is 3. The number of ether oxygens (including phenoxy) is 1. The van der Waals surface area contributed by atoms with E-state index in [2.05, 4.69) is 10.9 Å². The quantitative estimate of drug-likeness (QED) is 0.597. The first-order chi connectivity index (χ1) is 7.86. The van der Waals surface area contributed by atoms with Crippen molar-refractivity contribution in [1.82, 2.24) is 4.98 Å². The zero-order valence-corrected chi connectivity index (χ0v) is 10.6. The van der Waals surface area contributed by atoms with Crippen LogP contribution in [-0.2, 0) is 4.74 Å². The molecule has 0 bridgehead atoms. The van der Waals surface area contributed by atoms with E-state index in [9.17, 15) is 4.79 Å². The molecule has 1 rings (SSSR count). The maximum Gasteiger partial charge on any atom is 0.360 e. The summed E-state index contributed by atoms with van der Waals surface area (Å²) in [6, 6.07) is 0. The van der Waals surface area contributed by atoms with Gasteiger partial charge in [-0.1, -0.05) is 20.8 Å². The number of oxazole rings is 1. The summed E-state index contributed by atoms with van der Waals surface area (Å²) in [5.74, 6) is 2.47. The van der Waals surface area contributed by atoms with E-state index in [0.717, 1.165) is 0 Å². The van der Waals surface area contributed by atoms with Crippen molar-refractivity contribution in [1.29, 1.82) is 0 Å². The highest BCUT2D eigenvalue weighted by Gasteiger charge is 2.29. The zero-order valence-electron chi connectivity index (χ0n) is 10.6. The second-order valence-corrected chi connectivity index (χ2v) is 4.93. The SMILES string of the molecule is C#CC[C@H](OC(=O)c1ncoc1C)C(C)(C)C. The van der Waals surface area contributed by atoms with E-state index in [0.29, 0.717) is 12.2 Å². The minimum atomic E-state index is -0.494. The largest absolute Gasteiger partial charge is 0.456 e. The first kappa shape index (κ1) is 13.3. The molecule has 0 N–H and O–H groups in total. The molecule has 0 saturated carbocycles. The molecular formula is C13H17NO3. The van der Waals surface area contributed by atoms with Crippen LogP contribution in [0.5, 0.6) is 0 Å². The molecule has 17 heavy (non-hydrogen) atoms. The molecule has 1 atom stereocenters. The van der Waals surface area contributed by atoms with Gasteiger partial charge in [0.05, 0.1) is 0 Å².